The van der Waals surface area contributed by atoms with Crippen molar-refractivity contribution in [1.29, 1.82) is 0 Å². The zero-order valence-corrected chi connectivity index (χ0v) is 13.3. The topological polar surface area (TPSA) is 83.5 Å². The number of carboxylic acid groups (broad SMARTS) is 1. The number of nitrogens with one attached hydrogen (secondary N) is 1. The molecular weight excluding hydrogens is 342 g/mol. The van der Waals surface area contributed by atoms with Gasteiger partial charge in [0, 0.05) is 10.9 Å². The van der Waals surface area contributed by atoms with Crippen molar-refractivity contribution in [3.63, 3.8) is 0 Å². The van der Waals surface area contributed by atoms with Crippen molar-refractivity contribution in [2.24, 2.45) is 5.92 Å². The van der Waals surface area contributed by atoms with E-state index in [9.17, 15) is 13.2 Å². The average Bonchev–Trinajstić information content (AvgIpc) is 2.56. The zero-order valence-electron chi connectivity index (χ0n) is 10.1. The van der Waals surface area contributed by atoms with Gasteiger partial charge in [0.05, 0.1) is 14.6 Å². The van der Waals surface area contributed by atoms with E-state index in [1.807, 2.05) is 0 Å². The summed E-state index contributed by atoms with van der Waals surface area (Å²) in [4.78, 5) is 11.6. The van der Waals surface area contributed by atoms with Crippen LogP contribution in [0.3, 0.4) is 0 Å². The van der Waals surface area contributed by atoms with Crippen LogP contribution in [0.25, 0.3) is 0 Å². The first-order valence-electron chi connectivity index (χ1n) is 5.16. The molecule has 0 amide bonds. The fourth-order valence-electron chi connectivity index (χ4n) is 1.32. The molecule has 0 aliphatic rings. The van der Waals surface area contributed by atoms with E-state index < -0.39 is 28.0 Å². The molecule has 0 spiro atoms. The summed E-state index contributed by atoms with van der Waals surface area (Å²) in [5.41, 5.74) is 0. The average molecular weight is 356 g/mol. The third-order valence-corrected chi connectivity index (χ3v) is 5.98. The van der Waals surface area contributed by atoms with Crippen LogP contribution in [0.2, 0.25) is 0 Å². The smallest absolute Gasteiger partial charge is 0.307 e. The number of aliphatic carboxylic acids is 1. The van der Waals surface area contributed by atoms with Crippen LogP contribution >= 0.6 is 27.3 Å². The second-order valence-corrected chi connectivity index (χ2v) is 8.33. The summed E-state index contributed by atoms with van der Waals surface area (Å²) in [7, 11) is -3.68. The number of halogens is 1. The second kappa shape index (κ2) is 5.68. The Morgan fingerprint density at radius 2 is 2.06 bits per heavy atom. The highest BCUT2D eigenvalue weighted by atomic mass is 79.9. The minimum absolute atomic E-state index is 0.184. The Morgan fingerprint density at radius 1 is 1.50 bits per heavy atom. The van der Waals surface area contributed by atoms with Gasteiger partial charge >= 0.3 is 5.97 Å². The Kier molecular flexibility index (Phi) is 4.93. The first kappa shape index (κ1) is 15.6. The van der Waals surface area contributed by atoms with E-state index in [4.69, 9.17) is 5.11 Å². The molecular formula is C10H14BrNO4S2. The molecule has 0 saturated heterocycles. The van der Waals surface area contributed by atoms with Gasteiger partial charge in [-0.2, -0.15) is 0 Å². The first-order valence-corrected chi connectivity index (χ1v) is 8.25. The number of hydrogen-bond donors (Lipinski definition) is 2. The number of aryl methyl sites for hydroxylation is 1. The van der Waals surface area contributed by atoms with Gasteiger partial charge in [0.2, 0.25) is 10.0 Å². The van der Waals surface area contributed by atoms with Crippen LogP contribution in [0.4, 0.5) is 0 Å². The van der Waals surface area contributed by atoms with Crippen molar-refractivity contribution in [2.45, 2.75) is 31.7 Å². The van der Waals surface area contributed by atoms with Gasteiger partial charge in [0.25, 0.3) is 0 Å². The monoisotopic (exact) mass is 355 g/mol. The number of hydrogen-bond acceptors (Lipinski definition) is 4. The van der Waals surface area contributed by atoms with Gasteiger partial charge in [0.15, 0.2) is 0 Å². The molecule has 1 aromatic rings. The summed E-state index contributed by atoms with van der Waals surface area (Å²) < 4.78 is 27.3. The van der Waals surface area contributed by atoms with Crippen LogP contribution in [-0.4, -0.2) is 25.5 Å². The minimum Gasteiger partial charge on any atom is -0.481 e. The van der Waals surface area contributed by atoms with Crippen molar-refractivity contribution in [1.82, 2.24) is 4.72 Å². The summed E-state index contributed by atoms with van der Waals surface area (Å²) in [6.07, 6.45) is 0. The van der Waals surface area contributed by atoms with Gasteiger partial charge in [-0.1, -0.05) is 6.92 Å². The largest absolute Gasteiger partial charge is 0.481 e. The lowest BCUT2D eigenvalue weighted by Gasteiger charge is -2.17. The van der Waals surface area contributed by atoms with Gasteiger partial charge in [-0.25, -0.2) is 13.1 Å². The third kappa shape index (κ3) is 3.53. The van der Waals surface area contributed by atoms with E-state index in [-0.39, 0.29) is 4.90 Å². The molecule has 0 fully saturated rings. The molecule has 0 aromatic carbocycles. The van der Waals surface area contributed by atoms with Crippen LogP contribution in [-0.2, 0) is 14.8 Å². The number of sulfonamides is 1. The molecule has 2 N–H and O–H groups in total. The van der Waals surface area contributed by atoms with E-state index in [0.717, 1.165) is 3.79 Å². The van der Waals surface area contributed by atoms with E-state index in [1.54, 1.807) is 6.92 Å². The first-order chi connectivity index (χ1) is 8.15. The highest BCUT2D eigenvalue weighted by Crippen LogP contribution is 2.29. The maximum absolute atomic E-state index is 12.1. The molecule has 0 aliphatic carbocycles. The lowest BCUT2D eigenvalue weighted by Crippen LogP contribution is -2.40. The molecule has 0 radical (unpaired) electrons. The maximum Gasteiger partial charge on any atom is 0.307 e. The molecule has 1 heterocycles. The fraction of sp³-hybridized carbons (Fsp3) is 0.500. The summed E-state index contributed by atoms with van der Waals surface area (Å²) in [6.45, 7) is 4.70. The Hall–Kier alpha value is -0.440. The van der Waals surface area contributed by atoms with E-state index >= 15 is 0 Å². The SMILES string of the molecule is Cc1sc(Br)cc1S(=O)(=O)NC(C)C(C)C(=O)O. The molecule has 1 rings (SSSR count). The molecule has 0 bridgehead atoms. The molecule has 102 valence electrons. The number of carboxylic acids is 1. The number of rotatable bonds is 5. The summed E-state index contributed by atoms with van der Waals surface area (Å²) >= 11 is 4.55. The molecule has 18 heavy (non-hydrogen) atoms. The quantitative estimate of drug-likeness (QED) is 0.847. The van der Waals surface area contributed by atoms with Crippen LogP contribution < -0.4 is 4.72 Å². The van der Waals surface area contributed by atoms with Gasteiger partial charge < -0.3 is 5.11 Å². The summed E-state index contributed by atoms with van der Waals surface area (Å²) in [6, 6.07) is 0.839. The Morgan fingerprint density at radius 3 is 2.44 bits per heavy atom. The van der Waals surface area contributed by atoms with Crippen molar-refractivity contribution in [2.75, 3.05) is 0 Å². The lowest BCUT2D eigenvalue weighted by atomic mass is 10.1. The predicted octanol–water partition coefficient (Wildman–Crippen LogP) is 2.21. The molecule has 0 saturated carbocycles. The zero-order chi connectivity index (χ0) is 14.1. The lowest BCUT2D eigenvalue weighted by molar-refractivity contribution is -0.141. The Labute approximate surface area is 118 Å². The van der Waals surface area contributed by atoms with Crippen molar-refractivity contribution in [3.8, 4) is 0 Å². The third-order valence-electron chi connectivity index (χ3n) is 2.61. The van der Waals surface area contributed by atoms with E-state index in [0.29, 0.717) is 4.88 Å². The van der Waals surface area contributed by atoms with Crippen LogP contribution in [0, 0.1) is 12.8 Å². The second-order valence-electron chi connectivity index (χ2n) is 4.01. The van der Waals surface area contributed by atoms with Crippen molar-refractivity contribution in [3.05, 3.63) is 14.7 Å². The van der Waals surface area contributed by atoms with Crippen LogP contribution in [0.15, 0.2) is 14.7 Å². The highest BCUT2D eigenvalue weighted by molar-refractivity contribution is 9.11. The van der Waals surface area contributed by atoms with Gasteiger partial charge in [0.1, 0.15) is 0 Å². The Bertz CT molecular complexity index is 552. The number of thiophene rings is 1. The van der Waals surface area contributed by atoms with Crippen molar-refractivity contribution < 1.29 is 18.3 Å². The minimum atomic E-state index is -3.68. The summed E-state index contributed by atoms with van der Waals surface area (Å²) in [5.74, 6) is -1.82. The van der Waals surface area contributed by atoms with Crippen LogP contribution in [0.1, 0.15) is 18.7 Å². The molecule has 2 atom stereocenters. The summed E-state index contributed by atoms with van der Waals surface area (Å²) in [5, 5.41) is 8.84. The van der Waals surface area contributed by atoms with Gasteiger partial charge in [-0.05, 0) is 35.8 Å². The fourth-order valence-corrected chi connectivity index (χ4v) is 5.06. The van der Waals surface area contributed by atoms with Gasteiger partial charge in [-0.3, -0.25) is 4.79 Å². The van der Waals surface area contributed by atoms with Crippen LogP contribution in [0.5, 0.6) is 0 Å². The predicted molar refractivity (Wildman–Crippen MR) is 73.3 cm³/mol. The van der Waals surface area contributed by atoms with Gasteiger partial charge in [-0.15, -0.1) is 11.3 Å². The molecule has 5 nitrogen and oxygen atoms in total. The molecule has 0 aliphatic heterocycles. The number of carbonyl (C=O) groups is 1. The molecule has 8 heteroatoms. The molecule has 2 unspecified atom stereocenters. The maximum atomic E-state index is 12.1. The van der Waals surface area contributed by atoms with Crippen molar-refractivity contribution >= 4 is 43.3 Å². The van der Waals surface area contributed by atoms with E-state index in [2.05, 4.69) is 20.7 Å². The normalized spacial score (nSPS) is 15.3. The highest BCUT2D eigenvalue weighted by Gasteiger charge is 2.27. The Balaban J connectivity index is 2.96. The van der Waals surface area contributed by atoms with E-state index in [1.165, 1.54) is 31.3 Å². The standard InChI is InChI=1S/C10H14BrNO4S2/c1-5(10(13)14)6(2)12-18(15,16)8-4-9(11)17-7(8)3/h4-6,12H,1-3H3,(H,13,14). The molecule has 1 aromatic heterocycles.